The zero-order valence-electron chi connectivity index (χ0n) is 9.40. The summed E-state index contributed by atoms with van der Waals surface area (Å²) in [5, 5.41) is 7.90. The molecule has 0 fully saturated rings. The fraction of sp³-hybridized carbons (Fsp3) is 0.667. The Morgan fingerprint density at radius 1 is 1.53 bits per heavy atom. The van der Waals surface area contributed by atoms with E-state index in [1.807, 2.05) is 21.0 Å². The Balaban J connectivity index is 2.66. The lowest BCUT2D eigenvalue weighted by atomic mass is 10.2. The van der Waals surface area contributed by atoms with Crippen LogP contribution >= 0.6 is 0 Å². The minimum atomic E-state index is -0.377. The third kappa shape index (κ3) is 3.32. The molecular formula is C9H17N5O. The summed E-state index contributed by atoms with van der Waals surface area (Å²) in [6.07, 6.45) is 0.161. The van der Waals surface area contributed by atoms with Crippen LogP contribution in [0.2, 0.25) is 0 Å². The molecule has 15 heavy (non-hydrogen) atoms. The van der Waals surface area contributed by atoms with E-state index in [0.29, 0.717) is 5.69 Å². The maximum absolute atomic E-state index is 10.7. The van der Waals surface area contributed by atoms with Crippen LogP contribution in [0.4, 0.5) is 0 Å². The Morgan fingerprint density at radius 3 is 2.73 bits per heavy atom. The Hall–Kier alpha value is -1.43. The molecule has 0 atom stereocenters. The molecule has 0 saturated carbocycles. The summed E-state index contributed by atoms with van der Waals surface area (Å²) in [7, 11) is 3.99. The second kappa shape index (κ2) is 4.88. The van der Waals surface area contributed by atoms with Crippen LogP contribution in [0.1, 0.15) is 11.4 Å². The molecule has 6 heteroatoms. The van der Waals surface area contributed by atoms with Crippen molar-refractivity contribution in [1.82, 2.24) is 19.9 Å². The first kappa shape index (κ1) is 11.6. The minimum absolute atomic E-state index is 0.161. The highest BCUT2D eigenvalue weighted by Gasteiger charge is 2.10. The summed E-state index contributed by atoms with van der Waals surface area (Å²) in [5.41, 5.74) is 6.68. The van der Waals surface area contributed by atoms with Gasteiger partial charge in [-0.15, -0.1) is 5.10 Å². The van der Waals surface area contributed by atoms with Crippen molar-refractivity contribution >= 4 is 5.91 Å². The van der Waals surface area contributed by atoms with Gasteiger partial charge in [-0.2, -0.15) is 0 Å². The van der Waals surface area contributed by atoms with E-state index in [1.54, 1.807) is 4.68 Å². The summed E-state index contributed by atoms with van der Waals surface area (Å²) < 4.78 is 1.79. The van der Waals surface area contributed by atoms with Crippen LogP contribution in [-0.2, 0) is 17.8 Å². The van der Waals surface area contributed by atoms with Gasteiger partial charge in [-0.1, -0.05) is 5.21 Å². The van der Waals surface area contributed by atoms with Gasteiger partial charge in [0.2, 0.25) is 5.91 Å². The number of carbonyl (C=O) groups excluding carboxylic acids is 1. The second-order valence-corrected chi connectivity index (χ2v) is 3.79. The van der Waals surface area contributed by atoms with Gasteiger partial charge in [0.25, 0.3) is 0 Å². The van der Waals surface area contributed by atoms with Crippen molar-refractivity contribution < 1.29 is 4.79 Å². The lowest BCUT2D eigenvalue weighted by Crippen LogP contribution is -2.20. The number of hydrogen-bond donors (Lipinski definition) is 1. The molecule has 0 unspecified atom stereocenters. The molecule has 0 aromatic carbocycles. The van der Waals surface area contributed by atoms with Gasteiger partial charge >= 0.3 is 0 Å². The van der Waals surface area contributed by atoms with E-state index >= 15 is 0 Å². The summed E-state index contributed by atoms with van der Waals surface area (Å²) in [4.78, 5) is 12.8. The van der Waals surface area contributed by atoms with Crippen molar-refractivity contribution in [2.45, 2.75) is 19.9 Å². The number of primary amides is 1. The quantitative estimate of drug-likeness (QED) is 0.690. The molecule has 2 N–H and O–H groups in total. The van der Waals surface area contributed by atoms with Crippen molar-refractivity contribution in [1.29, 1.82) is 0 Å². The van der Waals surface area contributed by atoms with Gasteiger partial charge in [-0.05, 0) is 21.0 Å². The van der Waals surface area contributed by atoms with Crippen molar-refractivity contribution in [3.05, 3.63) is 11.4 Å². The molecule has 1 aromatic heterocycles. The van der Waals surface area contributed by atoms with Gasteiger partial charge < -0.3 is 10.6 Å². The van der Waals surface area contributed by atoms with E-state index in [-0.39, 0.29) is 12.3 Å². The predicted molar refractivity (Wildman–Crippen MR) is 56.2 cm³/mol. The molecule has 0 aliphatic heterocycles. The topological polar surface area (TPSA) is 77.0 Å². The minimum Gasteiger partial charge on any atom is -0.369 e. The second-order valence-electron chi connectivity index (χ2n) is 3.79. The number of rotatable bonds is 5. The molecule has 1 heterocycles. The first-order valence-corrected chi connectivity index (χ1v) is 4.82. The van der Waals surface area contributed by atoms with Crippen molar-refractivity contribution in [2.24, 2.45) is 5.73 Å². The zero-order chi connectivity index (χ0) is 11.4. The highest BCUT2D eigenvalue weighted by atomic mass is 16.1. The van der Waals surface area contributed by atoms with Crippen LogP contribution in [0.3, 0.4) is 0 Å². The van der Waals surface area contributed by atoms with Crippen LogP contribution in [0, 0.1) is 6.92 Å². The molecule has 0 radical (unpaired) electrons. The lowest BCUT2D eigenvalue weighted by molar-refractivity contribution is -0.117. The molecule has 84 valence electrons. The molecule has 1 rings (SSSR count). The van der Waals surface area contributed by atoms with Crippen molar-refractivity contribution in [3.63, 3.8) is 0 Å². The molecule has 0 spiro atoms. The van der Waals surface area contributed by atoms with Crippen LogP contribution in [0.15, 0.2) is 0 Å². The first-order chi connectivity index (χ1) is 7.00. The number of aromatic nitrogens is 3. The van der Waals surface area contributed by atoms with E-state index in [4.69, 9.17) is 5.73 Å². The fourth-order valence-corrected chi connectivity index (χ4v) is 1.23. The highest BCUT2D eigenvalue weighted by Crippen LogP contribution is 2.03. The Labute approximate surface area is 89.0 Å². The smallest absolute Gasteiger partial charge is 0.223 e. The standard InChI is InChI=1S/C9H17N5O/c1-7-8(6-9(10)15)11-12-14(7)5-4-13(2)3/h4-6H2,1-3H3,(H2,10,15). The van der Waals surface area contributed by atoms with E-state index < -0.39 is 0 Å². The van der Waals surface area contributed by atoms with Gasteiger partial charge in [0.05, 0.1) is 24.4 Å². The summed E-state index contributed by atoms with van der Waals surface area (Å²) >= 11 is 0. The van der Waals surface area contributed by atoms with Crippen LogP contribution in [0.5, 0.6) is 0 Å². The SMILES string of the molecule is Cc1c(CC(N)=O)nnn1CCN(C)C. The van der Waals surface area contributed by atoms with E-state index in [1.165, 1.54) is 0 Å². The van der Waals surface area contributed by atoms with Gasteiger partial charge in [0.1, 0.15) is 0 Å². The van der Waals surface area contributed by atoms with Gasteiger partial charge in [-0.25, -0.2) is 4.68 Å². The number of likely N-dealkylation sites (N-methyl/N-ethyl adjacent to an activating group) is 1. The van der Waals surface area contributed by atoms with Crippen LogP contribution < -0.4 is 5.73 Å². The van der Waals surface area contributed by atoms with Gasteiger partial charge in [-0.3, -0.25) is 4.79 Å². The number of carbonyl (C=O) groups is 1. The normalized spacial score (nSPS) is 10.9. The molecule has 1 aromatic rings. The monoisotopic (exact) mass is 211 g/mol. The summed E-state index contributed by atoms with van der Waals surface area (Å²) in [6.45, 7) is 3.55. The zero-order valence-corrected chi connectivity index (χ0v) is 9.40. The third-order valence-electron chi connectivity index (χ3n) is 2.18. The maximum atomic E-state index is 10.7. The fourth-order valence-electron chi connectivity index (χ4n) is 1.23. The number of hydrogen-bond acceptors (Lipinski definition) is 4. The predicted octanol–water partition coefficient (Wildman–Crippen LogP) is -0.824. The molecule has 0 aliphatic carbocycles. The molecular weight excluding hydrogens is 194 g/mol. The summed E-state index contributed by atoms with van der Waals surface area (Å²) in [6, 6.07) is 0. The van der Waals surface area contributed by atoms with Crippen LogP contribution in [-0.4, -0.2) is 46.4 Å². The molecule has 0 saturated heterocycles. The van der Waals surface area contributed by atoms with E-state index in [9.17, 15) is 4.79 Å². The Kier molecular flexibility index (Phi) is 3.79. The Bertz CT molecular complexity index is 344. The molecule has 0 aliphatic rings. The molecule has 1 amide bonds. The molecule has 0 bridgehead atoms. The lowest BCUT2D eigenvalue weighted by Gasteiger charge is -2.09. The van der Waals surface area contributed by atoms with Crippen LogP contribution in [0.25, 0.3) is 0 Å². The first-order valence-electron chi connectivity index (χ1n) is 4.82. The summed E-state index contributed by atoms with van der Waals surface area (Å²) in [5.74, 6) is -0.377. The highest BCUT2D eigenvalue weighted by molar-refractivity contribution is 5.76. The number of nitrogens with zero attached hydrogens (tertiary/aromatic N) is 4. The van der Waals surface area contributed by atoms with Gasteiger partial charge in [0.15, 0.2) is 0 Å². The van der Waals surface area contributed by atoms with E-state index in [2.05, 4.69) is 15.2 Å². The largest absolute Gasteiger partial charge is 0.369 e. The van der Waals surface area contributed by atoms with Crippen molar-refractivity contribution in [3.8, 4) is 0 Å². The van der Waals surface area contributed by atoms with Crippen molar-refractivity contribution in [2.75, 3.05) is 20.6 Å². The average Bonchev–Trinajstić information content (AvgIpc) is 2.44. The molecule has 6 nitrogen and oxygen atoms in total. The number of amides is 1. The van der Waals surface area contributed by atoms with E-state index in [0.717, 1.165) is 18.8 Å². The maximum Gasteiger partial charge on any atom is 0.223 e. The average molecular weight is 211 g/mol. The van der Waals surface area contributed by atoms with Gasteiger partial charge in [0, 0.05) is 6.54 Å². The number of nitrogens with two attached hydrogens (primary N) is 1. The third-order valence-corrected chi connectivity index (χ3v) is 2.18. The Morgan fingerprint density at radius 2 is 2.20 bits per heavy atom.